The lowest BCUT2D eigenvalue weighted by Gasteiger charge is -2.26. The summed E-state index contributed by atoms with van der Waals surface area (Å²) in [6.45, 7) is 4.15. The van der Waals surface area contributed by atoms with Gasteiger partial charge in [-0.2, -0.15) is 0 Å². The van der Waals surface area contributed by atoms with Gasteiger partial charge in [0.15, 0.2) is 5.84 Å². The first-order chi connectivity index (χ1) is 8.76. The fourth-order valence-corrected chi connectivity index (χ4v) is 2.10. The molecule has 1 aromatic rings. The van der Waals surface area contributed by atoms with Crippen LogP contribution < -0.4 is 10.6 Å². The summed E-state index contributed by atoms with van der Waals surface area (Å²) in [7, 11) is 0. The third kappa shape index (κ3) is 2.91. The zero-order chi connectivity index (χ0) is 13.0. The summed E-state index contributed by atoms with van der Waals surface area (Å²) in [5.74, 6) is 0.932. The van der Waals surface area contributed by atoms with E-state index < -0.39 is 0 Å². The van der Waals surface area contributed by atoms with E-state index in [4.69, 9.17) is 10.9 Å². The molecule has 1 aromatic heterocycles. The maximum Gasteiger partial charge on any atom is 0.172 e. The molecule has 1 fully saturated rings. The molecule has 98 valence electrons. The Morgan fingerprint density at radius 2 is 2.39 bits per heavy atom. The molecule has 0 radical (unpaired) electrons. The average molecular weight is 248 g/mol. The summed E-state index contributed by atoms with van der Waals surface area (Å²) in [6, 6.07) is 1.79. The van der Waals surface area contributed by atoms with Crippen LogP contribution in [0.4, 0.5) is 5.69 Å². The van der Waals surface area contributed by atoms with Crippen LogP contribution in [0.5, 0.6) is 0 Å². The number of nitrogens with zero attached hydrogens (tertiary/aromatic N) is 3. The third-order valence-electron chi connectivity index (χ3n) is 3.19. The molecule has 0 aliphatic heterocycles. The molecule has 5 nitrogen and oxygen atoms in total. The fraction of sp³-hybridized carbons (Fsp3) is 0.538. The van der Waals surface area contributed by atoms with E-state index in [1.54, 1.807) is 18.5 Å². The number of rotatable bonds is 6. The van der Waals surface area contributed by atoms with E-state index >= 15 is 0 Å². The monoisotopic (exact) mass is 248 g/mol. The second-order valence-electron chi connectivity index (χ2n) is 4.77. The van der Waals surface area contributed by atoms with E-state index in [9.17, 15) is 0 Å². The molecule has 0 bridgehead atoms. The maximum atomic E-state index is 8.84. The summed E-state index contributed by atoms with van der Waals surface area (Å²) in [4.78, 5) is 6.45. The molecule has 0 aromatic carbocycles. The molecule has 18 heavy (non-hydrogen) atoms. The predicted octanol–water partition coefficient (Wildman–Crippen LogP) is 1.80. The van der Waals surface area contributed by atoms with Crippen LogP contribution in [-0.4, -0.2) is 29.1 Å². The highest BCUT2D eigenvalue weighted by molar-refractivity contribution is 6.02. The Balaban J connectivity index is 2.27. The Morgan fingerprint density at radius 3 is 3.00 bits per heavy atom. The second kappa shape index (κ2) is 5.71. The molecule has 1 saturated carbocycles. The zero-order valence-electron chi connectivity index (χ0n) is 10.7. The maximum absolute atomic E-state index is 8.84. The Morgan fingerprint density at radius 1 is 1.61 bits per heavy atom. The number of oxime groups is 1. The lowest BCUT2D eigenvalue weighted by Crippen LogP contribution is -2.29. The average Bonchev–Trinajstić information content (AvgIpc) is 3.21. The Labute approximate surface area is 107 Å². The van der Waals surface area contributed by atoms with Crippen molar-refractivity contribution in [1.29, 1.82) is 0 Å². The summed E-state index contributed by atoms with van der Waals surface area (Å²) < 4.78 is 0. The number of amidine groups is 1. The van der Waals surface area contributed by atoms with Crippen LogP contribution in [0.15, 0.2) is 23.6 Å². The number of hydrogen-bond acceptors (Lipinski definition) is 4. The summed E-state index contributed by atoms with van der Waals surface area (Å²) in [5, 5.41) is 11.9. The van der Waals surface area contributed by atoms with Gasteiger partial charge in [0.1, 0.15) is 0 Å². The van der Waals surface area contributed by atoms with Crippen LogP contribution in [0, 0.1) is 5.92 Å². The first-order valence-electron chi connectivity index (χ1n) is 6.43. The van der Waals surface area contributed by atoms with Crippen molar-refractivity contribution in [2.24, 2.45) is 16.8 Å². The molecule has 5 heteroatoms. The van der Waals surface area contributed by atoms with Gasteiger partial charge in [-0.3, -0.25) is 4.98 Å². The van der Waals surface area contributed by atoms with Crippen LogP contribution in [0.2, 0.25) is 0 Å². The van der Waals surface area contributed by atoms with Gasteiger partial charge >= 0.3 is 0 Å². The summed E-state index contributed by atoms with van der Waals surface area (Å²) in [6.07, 6.45) is 7.14. The van der Waals surface area contributed by atoms with Crippen molar-refractivity contribution in [1.82, 2.24) is 4.98 Å². The molecule has 0 amide bonds. The number of pyridine rings is 1. The Bertz CT molecular complexity index is 429. The molecule has 3 N–H and O–H groups in total. The van der Waals surface area contributed by atoms with E-state index in [0.29, 0.717) is 0 Å². The minimum Gasteiger partial charge on any atom is -0.409 e. The number of aromatic nitrogens is 1. The molecule has 0 saturated heterocycles. The summed E-state index contributed by atoms with van der Waals surface area (Å²) in [5.41, 5.74) is 7.43. The van der Waals surface area contributed by atoms with Gasteiger partial charge in [-0.1, -0.05) is 12.1 Å². The molecule has 2 rings (SSSR count). The van der Waals surface area contributed by atoms with Crippen molar-refractivity contribution in [2.45, 2.75) is 26.2 Å². The van der Waals surface area contributed by atoms with E-state index in [1.807, 2.05) is 0 Å². The SMILES string of the molecule is CCCN(CC1CC1)c1cnccc1/C(N)=N/O. The van der Waals surface area contributed by atoms with Crippen molar-refractivity contribution in [3.8, 4) is 0 Å². The molecule has 0 spiro atoms. The first-order valence-corrected chi connectivity index (χ1v) is 6.43. The van der Waals surface area contributed by atoms with Gasteiger partial charge in [0, 0.05) is 24.8 Å². The van der Waals surface area contributed by atoms with Gasteiger partial charge in [-0.15, -0.1) is 0 Å². The largest absolute Gasteiger partial charge is 0.409 e. The van der Waals surface area contributed by atoms with Crippen LogP contribution in [0.25, 0.3) is 0 Å². The van der Waals surface area contributed by atoms with Crippen molar-refractivity contribution in [3.05, 3.63) is 24.0 Å². The minimum atomic E-state index is 0.143. The fourth-order valence-electron chi connectivity index (χ4n) is 2.10. The van der Waals surface area contributed by atoms with E-state index in [-0.39, 0.29) is 5.84 Å². The van der Waals surface area contributed by atoms with Gasteiger partial charge < -0.3 is 15.8 Å². The highest BCUT2D eigenvalue weighted by Gasteiger charge is 2.25. The third-order valence-corrected chi connectivity index (χ3v) is 3.19. The number of anilines is 1. The Hall–Kier alpha value is -1.78. The van der Waals surface area contributed by atoms with Gasteiger partial charge in [0.05, 0.1) is 11.9 Å². The minimum absolute atomic E-state index is 0.143. The molecule has 1 aliphatic carbocycles. The topological polar surface area (TPSA) is 74.7 Å². The Kier molecular flexibility index (Phi) is 4.02. The van der Waals surface area contributed by atoms with Gasteiger partial charge in [0.2, 0.25) is 0 Å². The molecule has 1 aliphatic rings. The molecule has 1 heterocycles. The molecular weight excluding hydrogens is 228 g/mol. The van der Waals surface area contributed by atoms with Crippen LogP contribution in [0.3, 0.4) is 0 Å². The van der Waals surface area contributed by atoms with Crippen molar-refractivity contribution < 1.29 is 5.21 Å². The van der Waals surface area contributed by atoms with Gasteiger partial charge in [-0.25, -0.2) is 0 Å². The number of hydrogen-bond donors (Lipinski definition) is 2. The number of nitrogens with two attached hydrogens (primary N) is 1. The normalized spacial score (nSPS) is 15.7. The van der Waals surface area contributed by atoms with Crippen LogP contribution in [0.1, 0.15) is 31.7 Å². The van der Waals surface area contributed by atoms with Crippen molar-refractivity contribution >= 4 is 11.5 Å². The molecule has 0 unspecified atom stereocenters. The molecule has 0 atom stereocenters. The van der Waals surface area contributed by atoms with E-state index in [1.165, 1.54) is 12.8 Å². The standard InChI is InChI=1S/C13H20N4O/c1-2-7-17(9-10-3-4-10)12-8-15-6-5-11(12)13(14)16-18/h5-6,8,10,18H,2-4,7,9H2,1H3,(H2,14,16). The highest BCUT2D eigenvalue weighted by atomic mass is 16.4. The van der Waals surface area contributed by atoms with Crippen molar-refractivity contribution in [2.75, 3.05) is 18.0 Å². The summed E-state index contributed by atoms with van der Waals surface area (Å²) >= 11 is 0. The zero-order valence-corrected chi connectivity index (χ0v) is 10.7. The van der Waals surface area contributed by atoms with Gasteiger partial charge in [0.25, 0.3) is 0 Å². The molecular formula is C13H20N4O. The van der Waals surface area contributed by atoms with Crippen LogP contribution >= 0.6 is 0 Å². The first kappa shape index (κ1) is 12.7. The highest BCUT2D eigenvalue weighted by Crippen LogP contribution is 2.32. The second-order valence-corrected chi connectivity index (χ2v) is 4.77. The lowest BCUT2D eigenvalue weighted by atomic mass is 10.1. The lowest BCUT2D eigenvalue weighted by molar-refractivity contribution is 0.318. The predicted molar refractivity (Wildman–Crippen MR) is 72.0 cm³/mol. The van der Waals surface area contributed by atoms with Crippen molar-refractivity contribution in [3.63, 3.8) is 0 Å². The van der Waals surface area contributed by atoms with Crippen LogP contribution in [-0.2, 0) is 0 Å². The van der Waals surface area contributed by atoms with E-state index in [2.05, 4.69) is 22.0 Å². The smallest absolute Gasteiger partial charge is 0.172 e. The van der Waals surface area contributed by atoms with E-state index in [0.717, 1.165) is 36.7 Å². The quantitative estimate of drug-likeness (QED) is 0.348. The van der Waals surface area contributed by atoms with Gasteiger partial charge in [-0.05, 0) is 31.2 Å².